The molecule has 1 fully saturated rings. The number of carboxylic acids is 2. The third-order valence-corrected chi connectivity index (χ3v) is 8.24. The molecule has 0 spiro atoms. The average Bonchev–Trinajstić information content (AvgIpc) is 3.55. The van der Waals surface area contributed by atoms with E-state index in [1.807, 2.05) is 30.5 Å². The Hall–Kier alpha value is -5.99. The second kappa shape index (κ2) is 17.9. The van der Waals surface area contributed by atoms with Crippen molar-refractivity contribution in [2.75, 3.05) is 29.0 Å². The van der Waals surface area contributed by atoms with Gasteiger partial charge in [-0.2, -0.15) is 31.3 Å². The number of aliphatic carboxylic acids is 2. The van der Waals surface area contributed by atoms with Gasteiger partial charge >= 0.3 is 24.3 Å². The number of likely N-dealkylation sites (tertiary alicyclic amines) is 1. The maximum absolute atomic E-state index is 13.1. The molecule has 2 aliphatic rings. The van der Waals surface area contributed by atoms with Crippen LogP contribution in [-0.2, 0) is 27.2 Å². The second-order valence-electron chi connectivity index (χ2n) is 12.0. The first kappa shape index (κ1) is 41.8. The lowest BCUT2D eigenvalue weighted by Gasteiger charge is -2.31. The van der Waals surface area contributed by atoms with E-state index >= 15 is 0 Å². The first-order valence-electron chi connectivity index (χ1n) is 16.0. The number of carbonyl (C=O) groups excluding carboxylic acids is 2. The van der Waals surface area contributed by atoms with Crippen LogP contribution in [0.3, 0.4) is 0 Å². The highest BCUT2D eigenvalue weighted by Crippen LogP contribution is 2.30. The molecular weight excluding hydrogens is 770 g/mol. The Bertz CT molecular complexity index is 2000. The van der Waals surface area contributed by atoms with Crippen molar-refractivity contribution in [2.24, 2.45) is 5.92 Å². The van der Waals surface area contributed by atoms with E-state index < -0.39 is 24.3 Å². The lowest BCUT2D eigenvalue weighted by molar-refractivity contribution is -0.193. The van der Waals surface area contributed by atoms with Crippen LogP contribution >= 0.6 is 11.6 Å². The number of nitrogens with zero attached hydrogens (tertiary/aromatic N) is 5. The fourth-order valence-corrected chi connectivity index (χ4v) is 5.37. The molecule has 2 amide bonds. The Morgan fingerprint density at radius 2 is 1.58 bits per heavy atom. The zero-order chi connectivity index (χ0) is 40.5. The molecule has 15 nitrogen and oxygen atoms in total. The number of nitrogens with one attached hydrogen (secondary N) is 3. The minimum atomic E-state index is -5.08. The van der Waals surface area contributed by atoms with E-state index in [4.69, 9.17) is 35.9 Å². The van der Waals surface area contributed by atoms with E-state index in [1.54, 1.807) is 24.2 Å². The molecule has 0 saturated carbocycles. The van der Waals surface area contributed by atoms with Gasteiger partial charge in [-0.15, -0.1) is 0 Å². The molecule has 0 aliphatic carbocycles. The SMILES string of the molecule is Cc1oncc1C(=O)N1CCC(CC(=O)Nc2ccc3cc2CCc2cncc(c2)Nc2ncc(Cl)c(n2)N3)CC1.O=C(O)C(F)(F)F.O=C(O)C(F)(F)F. The molecule has 5 heterocycles. The van der Waals surface area contributed by atoms with Gasteiger partial charge in [0.1, 0.15) is 16.3 Å². The Morgan fingerprint density at radius 1 is 0.927 bits per heavy atom. The molecule has 5 N–H and O–H groups in total. The minimum Gasteiger partial charge on any atom is -0.475 e. The Kier molecular flexibility index (Phi) is 13.6. The van der Waals surface area contributed by atoms with Gasteiger partial charge in [0.15, 0.2) is 5.82 Å². The monoisotopic (exact) mass is 800 g/mol. The Labute approximate surface area is 312 Å². The van der Waals surface area contributed by atoms with E-state index in [2.05, 4.69) is 36.1 Å². The van der Waals surface area contributed by atoms with Crippen LogP contribution in [0.25, 0.3) is 0 Å². The molecule has 3 aromatic heterocycles. The third kappa shape index (κ3) is 12.3. The number of carboxylic acid groups (broad SMARTS) is 2. The highest BCUT2D eigenvalue weighted by molar-refractivity contribution is 6.32. The van der Waals surface area contributed by atoms with Gasteiger partial charge < -0.3 is 35.6 Å². The highest BCUT2D eigenvalue weighted by atomic mass is 35.5. The molecule has 4 aromatic rings. The molecule has 1 aromatic carbocycles. The molecule has 22 heteroatoms. The van der Waals surface area contributed by atoms with E-state index in [9.17, 15) is 35.9 Å². The van der Waals surface area contributed by atoms with Gasteiger partial charge in [0.05, 0.1) is 24.3 Å². The van der Waals surface area contributed by atoms with Crippen LogP contribution in [0.2, 0.25) is 5.02 Å². The van der Waals surface area contributed by atoms with Gasteiger partial charge in [0.2, 0.25) is 11.9 Å². The lowest BCUT2D eigenvalue weighted by Crippen LogP contribution is -2.39. The molecule has 6 rings (SSSR count). The minimum absolute atomic E-state index is 0.0409. The van der Waals surface area contributed by atoms with Gasteiger partial charge in [0.25, 0.3) is 5.91 Å². The second-order valence-corrected chi connectivity index (χ2v) is 12.4. The van der Waals surface area contributed by atoms with Crippen LogP contribution in [0.1, 0.15) is 46.5 Å². The van der Waals surface area contributed by atoms with Crippen LogP contribution in [0.15, 0.2) is 53.6 Å². The van der Waals surface area contributed by atoms with Gasteiger partial charge in [-0.25, -0.2) is 14.6 Å². The van der Waals surface area contributed by atoms with Crippen LogP contribution in [0, 0.1) is 12.8 Å². The summed E-state index contributed by atoms with van der Waals surface area (Å²) in [4.78, 5) is 58.6. The third-order valence-electron chi connectivity index (χ3n) is 7.96. The normalized spacial score (nSPS) is 14.1. The summed E-state index contributed by atoms with van der Waals surface area (Å²) in [5, 5.41) is 27.9. The van der Waals surface area contributed by atoms with Gasteiger partial charge in [-0.1, -0.05) is 16.8 Å². The van der Waals surface area contributed by atoms with E-state index in [0.717, 1.165) is 47.5 Å². The van der Waals surface area contributed by atoms with Crippen molar-refractivity contribution in [3.05, 3.63) is 76.5 Å². The highest BCUT2D eigenvalue weighted by Gasteiger charge is 2.39. The number of halogens is 7. The number of amides is 2. The zero-order valence-corrected chi connectivity index (χ0v) is 29.2. The first-order chi connectivity index (χ1) is 25.8. The summed E-state index contributed by atoms with van der Waals surface area (Å²) < 4.78 is 68.5. The number of carbonyl (C=O) groups is 4. The number of rotatable bonds is 4. The topological polar surface area (TPSA) is 213 Å². The first-order valence-corrected chi connectivity index (χ1v) is 16.4. The fraction of sp³-hybridized carbons (Fsp3) is 0.333. The number of piperidine rings is 1. The van der Waals surface area contributed by atoms with Crippen molar-refractivity contribution in [1.29, 1.82) is 0 Å². The van der Waals surface area contributed by atoms with E-state index in [1.165, 1.54) is 6.20 Å². The number of hydrogen-bond acceptors (Lipinski definition) is 11. The number of anilines is 5. The largest absolute Gasteiger partial charge is 0.490 e. The van der Waals surface area contributed by atoms with Gasteiger partial charge in [0, 0.05) is 37.1 Å². The van der Waals surface area contributed by atoms with Crippen LogP contribution in [-0.4, -0.2) is 84.4 Å². The van der Waals surface area contributed by atoms with Gasteiger partial charge in [-0.05, 0) is 73.9 Å². The number of fused-ring (bicyclic) bond motifs is 6. The summed E-state index contributed by atoms with van der Waals surface area (Å²) in [6.45, 7) is 2.93. The molecule has 2 aliphatic heterocycles. The van der Waals surface area contributed by atoms with E-state index in [0.29, 0.717) is 54.0 Å². The summed E-state index contributed by atoms with van der Waals surface area (Å²) in [5.41, 5.74) is 4.86. The Morgan fingerprint density at radius 3 is 2.18 bits per heavy atom. The average molecular weight is 801 g/mol. The molecule has 294 valence electrons. The summed E-state index contributed by atoms with van der Waals surface area (Å²) in [7, 11) is 0. The van der Waals surface area contributed by atoms with Crippen molar-refractivity contribution in [2.45, 2.75) is 51.4 Å². The number of aromatic nitrogens is 4. The standard InChI is InChI=1S/C29H29ClN8O3.2C2HF3O2/c1-17-23(15-33-41-17)28(40)38-8-6-18(7-9-38)11-26(39)36-25-5-4-21-12-20(25)3-2-19-10-22(14-31-13-19)35-29-32-16-24(30)27(34-21)37-29;2*3-2(4,5)1(6)7/h4-5,10,12-16,18H,2-3,6-9,11H2,1H3,(H,36,39)(H2,32,34,35,37);2*(H,6,7). The predicted octanol–water partition coefficient (Wildman–Crippen LogP) is 6.55. The number of benzene rings is 1. The zero-order valence-electron chi connectivity index (χ0n) is 28.5. The lowest BCUT2D eigenvalue weighted by atomic mass is 9.92. The maximum Gasteiger partial charge on any atom is 0.490 e. The van der Waals surface area contributed by atoms with Crippen LogP contribution < -0.4 is 16.0 Å². The molecule has 0 unspecified atom stereocenters. The molecule has 0 radical (unpaired) electrons. The van der Waals surface area contributed by atoms with Crippen LogP contribution in [0.4, 0.5) is 55.2 Å². The van der Waals surface area contributed by atoms with Crippen LogP contribution in [0.5, 0.6) is 0 Å². The molecule has 1 saturated heterocycles. The summed E-state index contributed by atoms with van der Waals surface area (Å²) in [5.74, 6) is -4.03. The summed E-state index contributed by atoms with van der Waals surface area (Å²) in [6, 6.07) is 7.82. The smallest absolute Gasteiger partial charge is 0.475 e. The number of aryl methyl sites for hydroxylation is 3. The van der Waals surface area contributed by atoms with Crippen molar-refractivity contribution in [3.63, 3.8) is 0 Å². The molecular formula is C33H31ClF6N8O7. The molecule has 55 heavy (non-hydrogen) atoms. The number of pyridine rings is 1. The fourth-order valence-electron chi connectivity index (χ4n) is 5.23. The van der Waals surface area contributed by atoms with Crippen molar-refractivity contribution in [3.8, 4) is 0 Å². The van der Waals surface area contributed by atoms with Gasteiger partial charge in [-0.3, -0.25) is 14.6 Å². The summed E-state index contributed by atoms with van der Waals surface area (Å²) in [6.07, 6.45) is -0.269. The predicted molar refractivity (Wildman–Crippen MR) is 182 cm³/mol. The maximum atomic E-state index is 13.1. The summed E-state index contributed by atoms with van der Waals surface area (Å²) >= 11 is 6.37. The number of alkyl halides is 6. The van der Waals surface area contributed by atoms with Crippen molar-refractivity contribution < 1.29 is 60.3 Å². The number of hydrogen-bond donors (Lipinski definition) is 5. The van der Waals surface area contributed by atoms with E-state index in [-0.39, 0.29) is 17.7 Å². The van der Waals surface area contributed by atoms with Crippen molar-refractivity contribution in [1.82, 2.24) is 25.0 Å². The van der Waals surface area contributed by atoms with Crippen molar-refractivity contribution >= 4 is 64.2 Å². The molecule has 0 atom stereocenters. The quantitative estimate of drug-likeness (QED) is 0.139. The molecule has 6 bridgehead atoms. The Balaban J connectivity index is 0.000000410.